The van der Waals surface area contributed by atoms with E-state index in [9.17, 15) is 13.2 Å². The van der Waals surface area contributed by atoms with Crippen LogP contribution in [0.4, 0.5) is 13.2 Å². The fraction of sp³-hybridized carbons (Fsp3) is 0.700. The molecule has 0 saturated heterocycles. The highest BCUT2D eigenvalue weighted by molar-refractivity contribution is 5.09. The largest absolute Gasteiger partial charge is 0.411 e. The van der Waals surface area contributed by atoms with E-state index in [0.717, 1.165) is 12.0 Å². The van der Waals surface area contributed by atoms with Crippen molar-refractivity contribution in [1.29, 1.82) is 0 Å². The molecule has 1 rings (SSSR count). The van der Waals surface area contributed by atoms with Gasteiger partial charge >= 0.3 is 6.18 Å². The van der Waals surface area contributed by atoms with Gasteiger partial charge in [-0.25, -0.2) is 0 Å². The summed E-state index contributed by atoms with van der Waals surface area (Å²) in [6.07, 6.45) is -0.140. The van der Waals surface area contributed by atoms with Crippen LogP contribution in [-0.2, 0) is 11.3 Å². The second kappa shape index (κ2) is 6.02. The van der Waals surface area contributed by atoms with E-state index >= 15 is 0 Å². The first-order chi connectivity index (χ1) is 7.92. The Morgan fingerprint density at radius 3 is 2.82 bits per heavy atom. The molecule has 0 saturated carbocycles. The lowest BCUT2D eigenvalue weighted by Gasteiger charge is -2.07. The lowest BCUT2D eigenvalue weighted by Crippen LogP contribution is -2.19. The van der Waals surface area contributed by atoms with E-state index in [1.165, 1.54) is 4.68 Å². The summed E-state index contributed by atoms with van der Waals surface area (Å²) in [4.78, 5) is 0. The standard InChI is InChI=1S/C10H16F3N3O/c1-2-9(14)8-5-15-16(6-8)3-4-17-7-10(11,12)13/h5-6,9H,2-4,7,14H2,1H3. The minimum absolute atomic E-state index is 0.0258. The Hall–Kier alpha value is -1.08. The number of rotatable bonds is 6. The van der Waals surface area contributed by atoms with Crippen molar-refractivity contribution in [1.82, 2.24) is 9.78 Å². The van der Waals surface area contributed by atoms with Gasteiger partial charge in [0.1, 0.15) is 6.61 Å². The second-order valence-electron chi connectivity index (χ2n) is 3.72. The van der Waals surface area contributed by atoms with Gasteiger partial charge in [-0.1, -0.05) is 6.92 Å². The van der Waals surface area contributed by atoms with Crippen LogP contribution in [0.25, 0.3) is 0 Å². The molecule has 0 amide bonds. The highest BCUT2D eigenvalue weighted by atomic mass is 19.4. The predicted molar refractivity (Wildman–Crippen MR) is 56.3 cm³/mol. The molecule has 1 heterocycles. The molecule has 1 aromatic rings. The van der Waals surface area contributed by atoms with Gasteiger partial charge in [-0.3, -0.25) is 4.68 Å². The first-order valence-electron chi connectivity index (χ1n) is 5.35. The van der Waals surface area contributed by atoms with Gasteiger partial charge in [-0.05, 0) is 6.42 Å². The normalized spacial score (nSPS) is 13.9. The molecule has 0 aliphatic carbocycles. The van der Waals surface area contributed by atoms with Crippen molar-refractivity contribution in [3.8, 4) is 0 Å². The molecule has 98 valence electrons. The maximum absolute atomic E-state index is 11.8. The molecule has 0 fully saturated rings. The summed E-state index contributed by atoms with van der Waals surface area (Å²) >= 11 is 0. The molecular weight excluding hydrogens is 235 g/mol. The van der Waals surface area contributed by atoms with Crippen molar-refractivity contribution in [2.24, 2.45) is 5.73 Å². The number of alkyl halides is 3. The van der Waals surface area contributed by atoms with Gasteiger partial charge in [-0.2, -0.15) is 18.3 Å². The molecule has 1 unspecified atom stereocenters. The Kier molecular flexibility index (Phi) is 4.95. The van der Waals surface area contributed by atoms with Crippen molar-refractivity contribution in [2.45, 2.75) is 32.1 Å². The molecule has 0 aliphatic heterocycles. The maximum atomic E-state index is 11.8. The quantitative estimate of drug-likeness (QED) is 0.785. The van der Waals surface area contributed by atoms with Crippen LogP contribution in [0.5, 0.6) is 0 Å². The fourth-order valence-corrected chi connectivity index (χ4v) is 1.28. The van der Waals surface area contributed by atoms with Crippen LogP contribution in [0, 0.1) is 0 Å². The van der Waals surface area contributed by atoms with Crippen LogP contribution >= 0.6 is 0 Å². The molecule has 7 heteroatoms. The summed E-state index contributed by atoms with van der Waals surface area (Å²) in [7, 11) is 0. The smallest absolute Gasteiger partial charge is 0.370 e. The van der Waals surface area contributed by atoms with Crippen LogP contribution < -0.4 is 5.73 Å². The zero-order valence-corrected chi connectivity index (χ0v) is 9.57. The number of nitrogens with two attached hydrogens (primary N) is 1. The Morgan fingerprint density at radius 1 is 1.53 bits per heavy atom. The zero-order valence-electron chi connectivity index (χ0n) is 9.57. The molecule has 0 bridgehead atoms. The maximum Gasteiger partial charge on any atom is 0.411 e. The SMILES string of the molecule is CCC(N)c1cnn(CCOCC(F)(F)F)c1. The van der Waals surface area contributed by atoms with Gasteiger partial charge in [0.2, 0.25) is 0 Å². The monoisotopic (exact) mass is 251 g/mol. The first-order valence-corrected chi connectivity index (χ1v) is 5.35. The van der Waals surface area contributed by atoms with Gasteiger partial charge in [0.05, 0.1) is 19.3 Å². The zero-order chi connectivity index (χ0) is 12.9. The van der Waals surface area contributed by atoms with Gasteiger partial charge in [0.15, 0.2) is 0 Å². The van der Waals surface area contributed by atoms with E-state index < -0.39 is 12.8 Å². The number of ether oxygens (including phenoxy) is 1. The van der Waals surface area contributed by atoms with Crippen LogP contribution in [0.2, 0.25) is 0 Å². The summed E-state index contributed by atoms with van der Waals surface area (Å²) in [6, 6.07) is -0.0835. The molecule has 0 radical (unpaired) electrons. The van der Waals surface area contributed by atoms with E-state index in [0.29, 0.717) is 0 Å². The Morgan fingerprint density at radius 2 is 2.24 bits per heavy atom. The van der Waals surface area contributed by atoms with E-state index in [1.807, 2.05) is 6.92 Å². The highest BCUT2D eigenvalue weighted by Crippen LogP contribution is 2.14. The molecule has 0 aromatic carbocycles. The van der Waals surface area contributed by atoms with Gasteiger partial charge in [0, 0.05) is 17.8 Å². The Bertz CT molecular complexity index is 338. The number of hydrogen-bond acceptors (Lipinski definition) is 3. The second-order valence-corrected chi connectivity index (χ2v) is 3.72. The van der Waals surface area contributed by atoms with Crippen molar-refractivity contribution >= 4 is 0 Å². The number of aromatic nitrogens is 2. The lowest BCUT2D eigenvalue weighted by atomic mass is 10.1. The molecular formula is C10H16F3N3O. The molecule has 4 nitrogen and oxygen atoms in total. The minimum Gasteiger partial charge on any atom is -0.370 e. The Labute approximate surface area is 97.5 Å². The fourth-order valence-electron chi connectivity index (χ4n) is 1.28. The number of nitrogens with zero attached hydrogens (tertiary/aromatic N) is 2. The third-order valence-corrected chi connectivity index (χ3v) is 2.25. The minimum atomic E-state index is -4.28. The molecule has 1 aromatic heterocycles. The third-order valence-electron chi connectivity index (χ3n) is 2.25. The molecule has 1 atom stereocenters. The van der Waals surface area contributed by atoms with Crippen LogP contribution in [-0.4, -0.2) is 29.2 Å². The summed E-state index contributed by atoms with van der Waals surface area (Å²) in [5.74, 6) is 0. The van der Waals surface area contributed by atoms with Crippen molar-refractivity contribution < 1.29 is 17.9 Å². The number of halogens is 3. The molecule has 0 aliphatic rings. The van der Waals surface area contributed by atoms with Crippen LogP contribution in [0.15, 0.2) is 12.4 Å². The van der Waals surface area contributed by atoms with E-state index in [4.69, 9.17) is 5.73 Å². The van der Waals surface area contributed by atoms with Crippen molar-refractivity contribution in [2.75, 3.05) is 13.2 Å². The van der Waals surface area contributed by atoms with Crippen LogP contribution in [0.1, 0.15) is 24.9 Å². The first kappa shape index (κ1) is 14.0. The van der Waals surface area contributed by atoms with Crippen molar-refractivity contribution in [3.63, 3.8) is 0 Å². The van der Waals surface area contributed by atoms with Crippen molar-refractivity contribution in [3.05, 3.63) is 18.0 Å². The molecule has 17 heavy (non-hydrogen) atoms. The Balaban J connectivity index is 2.30. The van der Waals surface area contributed by atoms with E-state index in [-0.39, 0.29) is 19.2 Å². The predicted octanol–water partition coefficient (Wildman–Crippen LogP) is 1.87. The van der Waals surface area contributed by atoms with Gasteiger partial charge < -0.3 is 10.5 Å². The van der Waals surface area contributed by atoms with Gasteiger partial charge in [-0.15, -0.1) is 0 Å². The summed E-state index contributed by atoms with van der Waals surface area (Å²) < 4.78 is 41.3. The van der Waals surface area contributed by atoms with Crippen LogP contribution in [0.3, 0.4) is 0 Å². The van der Waals surface area contributed by atoms with E-state index in [2.05, 4.69) is 9.84 Å². The van der Waals surface area contributed by atoms with Gasteiger partial charge in [0.25, 0.3) is 0 Å². The average molecular weight is 251 g/mol. The molecule has 0 spiro atoms. The summed E-state index contributed by atoms with van der Waals surface area (Å²) in [5.41, 5.74) is 6.66. The van der Waals surface area contributed by atoms with E-state index in [1.54, 1.807) is 12.4 Å². The third kappa shape index (κ3) is 5.18. The molecule has 2 N–H and O–H groups in total. The topological polar surface area (TPSA) is 53.1 Å². The lowest BCUT2D eigenvalue weighted by molar-refractivity contribution is -0.174. The average Bonchev–Trinajstić information content (AvgIpc) is 2.70. The number of hydrogen-bond donors (Lipinski definition) is 1. The highest BCUT2D eigenvalue weighted by Gasteiger charge is 2.27. The summed E-state index contributed by atoms with van der Waals surface area (Å²) in [6.45, 7) is 0.985. The summed E-state index contributed by atoms with van der Waals surface area (Å²) in [5, 5.41) is 3.99.